The lowest BCUT2D eigenvalue weighted by Gasteiger charge is -2.07. The zero-order chi connectivity index (χ0) is 12.9. The van der Waals surface area contributed by atoms with Gasteiger partial charge in [-0.05, 0) is 18.2 Å². The lowest BCUT2D eigenvalue weighted by molar-refractivity contribution is -0.137. The van der Waals surface area contributed by atoms with Crippen molar-refractivity contribution in [1.29, 1.82) is 5.26 Å². The fourth-order valence-corrected chi connectivity index (χ4v) is 1.14. The maximum atomic E-state index is 12.5. The zero-order valence-electron chi connectivity index (χ0n) is 8.51. The van der Waals surface area contributed by atoms with Gasteiger partial charge in [0.05, 0.1) is 18.1 Å². The molecule has 0 heterocycles. The average molecular weight is 237 g/mol. The molecule has 0 aliphatic carbocycles. The summed E-state index contributed by atoms with van der Waals surface area (Å²) in [4.78, 5) is 10.5. The van der Waals surface area contributed by atoms with E-state index in [0.717, 1.165) is 12.1 Å². The Bertz CT molecular complexity index is 529. The quantitative estimate of drug-likeness (QED) is 0.556. The van der Waals surface area contributed by atoms with E-state index in [9.17, 15) is 18.0 Å². The number of nitrogens with zero attached hydrogens (tertiary/aromatic N) is 1. The predicted octanol–water partition coefficient (Wildman–Crippen LogP) is 2.78. The van der Waals surface area contributed by atoms with Crippen LogP contribution in [0.15, 0.2) is 18.2 Å². The topological polar surface area (TPSA) is 40.9 Å². The molecule has 0 aliphatic rings. The molecule has 17 heavy (non-hydrogen) atoms. The van der Waals surface area contributed by atoms with Gasteiger partial charge < -0.3 is 0 Å². The highest BCUT2D eigenvalue weighted by Crippen LogP contribution is 2.30. The summed E-state index contributed by atoms with van der Waals surface area (Å²) in [6.45, 7) is 0. The van der Waals surface area contributed by atoms with Gasteiger partial charge in [0.25, 0.3) is 0 Å². The summed E-state index contributed by atoms with van der Waals surface area (Å²) in [5.74, 6) is 4.79. The van der Waals surface area contributed by atoms with Gasteiger partial charge in [-0.3, -0.25) is 4.79 Å². The SMILES string of the molecule is N#CCC#Cc1cc(C=O)cc(C(F)(F)F)c1. The summed E-state index contributed by atoms with van der Waals surface area (Å²) in [5, 5.41) is 8.24. The fraction of sp³-hybridized carbons (Fsp3) is 0.167. The Morgan fingerprint density at radius 3 is 2.53 bits per heavy atom. The third kappa shape index (κ3) is 3.66. The highest BCUT2D eigenvalue weighted by molar-refractivity contribution is 5.76. The number of nitriles is 1. The number of carbonyl (C=O) groups excluding carboxylic acids is 1. The van der Waals surface area contributed by atoms with Crippen LogP contribution in [-0.4, -0.2) is 6.29 Å². The molecular weight excluding hydrogens is 231 g/mol. The number of benzene rings is 1. The van der Waals surface area contributed by atoms with Crippen LogP contribution in [0, 0.1) is 23.2 Å². The second-order valence-corrected chi connectivity index (χ2v) is 3.10. The van der Waals surface area contributed by atoms with Gasteiger partial charge in [0.15, 0.2) is 0 Å². The number of rotatable bonds is 1. The summed E-state index contributed by atoms with van der Waals surface area (Å²) < 4.78 is 37.4. The highest BCUT2D eigenvalue weighted by Gasteiger charge is 2.31. The molecule has 5 heteroatoms. The van der Waals surface area contributed by atoms with Crippen molar-refractivity contribution < 1.29 is 18.0 Å². The minimum Gasteiger partial charge on any atom is -0.298 e. The fourth-order valence-electron chi connectivity index (χ4n) is 1.14. The summed E-state index contributed by atoms with van der Waals surface area (Å²) >= 11 is 0. The lowest BCUT2D eigenvalue weighted by Crippen LogP contribution is -2.06. The van der Waals surface area contributed by atoms with Gasteiger partial charge in [-0.1, -0.05) is 11.8 Å². The first-order chi connectivity index (χ1) is 7.97. The Hall–Kier alpha value is -2.27. The van der Waals surface area contributed by atoms with Gasteiger partial charge in [0.2, 0.25) is 0 Å². The first-order valence-electron chi connectivity index (χ1n) is 4.50. The van der Waals surface area contributed by atoms with Crippen molar-refractivity contribution in [3.05, 3.63) is 34.9 Å². The Labute approximate surface area is 95.7 Å². The van der Waals surface area contributed by atoms with Crippen molar-refractivity contribution in [3.8, 4) is 17.9 Å². The number of hydrogen-bond donors (Lipinski definition) is 0. The molecule has 0 saturated carbocycles. The maximum absolute atomic E-state index is 12.5. The van der Waals surface area contributed by atoms with E-state index in [0.29, 0.717) is 6.29 Å². The number of hydrogen-bond acceptors (Lipinski definition) is 2. The van der Waals surface area contributed by atoms with Gasteiger partial charge in [0, 0.05) is 11.1 Å². The lowest BCUT2D eigenvalue weighted by atomic mass is 10.1. The molecule has 0 fully saturated rings. The number of aldehydes is 1. The van der Waals surface area contributed by atoms with Crippen molar-refractivity contribution in [2.75, 3.05) is 0 Å². The van der Waals surface area contributed by atoms with E-state index >= 15 is 0 Å². The number of carbonyl (C=O) groups is 1. The molecule has 0 unspecified atom stereocenters. The summed E-state index contributed by atoms with van der Waals surface area (Å²) in [6.07, 6.45) is -4.28. The van der Waals surface area contributed by atoms with Crippen molar-refractivity contribution in [3.63, 3.8) is 0 Å². The molecule has 1 rings (SSSR count). The molecule has 0 aliphatic heterocycles. The Morgan fingerprint density at radius 1 is 1.29 bits per heavy atom. The van der Waals surface area contributed by atoms with Gasteiger partial charge >= 0.3 is 6.18 Å². The van der Waals surface area contributed by atoms with Crippen LogP contribution in [0.5, 0.6) is 0 Å². The van der Waals surface area contributed by atoms with Crippen LogP contribution in [0.4, 0.5) is 13.2 Å². The number of alkyl halides is 3. The standard InChI is InChI=1S/C12H6F3NO/c13-12(14,15)11-6-9(3-1-2-4-16)5-10(7-11)8-17/h5-8H,2H2. The first-order valence-corrected chi connectivity index (χ1v) is 4.50. The summed E-state index contributed by atoms with van der Waals surface area (Å²) in [6, 6.07) is 4.59. The van der Waals surface area contributed by atoms with E-state index in [-0.39, 0.29) is 17.5 Å². The molecule has 86 valence electrons. The van der Waals surface area contributed by atoms with E-state index in [1.54, 1.807) is 6.07 Å². The zero-order valence-corrected chi connectivity index (χ0v) is 8.51. The van der Waals surface area contributed by atoms with Crippen molar-refractivity contribution in [2.45, 2.75) is 12.6 Å². The second-order valence-electron chi connectivity index (χ2n) is 3.10. The third-order valence-corrected chi connectivity index (χ3v) is 1.82. The molecule has 0 bridgehead atoms. The van der Waals surface area contributed by atoms with Crippen LogP contribution in [-0.2, 0) is 6.18 Å². The Morgan fingerprint density at radius 2 is 2.00 bits per heavy atom. The third-order valence-electron chi connectivity index (χ3n) is 1.82. The van der Waals surface area contributed by atoms with Crippen LogP contribution < -0.4 is 0 Å². The first kappa shape index (κ1) is 12.8. The molecule has 0 atom stereocenters. The van der Waals surface area contributed by atoms with E-state index in [1.165, 1.54) is 6.07 Å². The van der Waals surface area contributed by atoms with Crippen LogP contribution >= 0.6 is 0 Å². The second kappa shape index (κ2) is 5.18. The van der Waals surface area contributed by atoms with Gasteiger partial charge in [-0.2, -0.15) is 18.4 Å². The summed E-state index contributed by atoms with van der Waals surface area (Å²) in [7, 11) is 0. The van der Waals surface area contributed by atoms with E-state index in [1.807, 2.05) is 0 Å². The molecule has 0 N–H and O–H groups in total. The molecule has 1 aromatic carbocycles. The van der Waals surface area contributed by atoms with Crippen LogP contribution in [0.3, 0.4) is 0 Å². The molecule has 0 spiro atoms. The van der Waals surface area contributed by atoms with E-state index < -0.39 is 11.7 Å². The summed E-state index contributed by atoms with van der Waals surface area (Å²) in [5.41, 5.74) is -0.957. The van der Waals surface area contributed by atoms with Crippen LogP contribution in [0.1, 0.15) is 27.9 Å². The molecule has 0 amide bonds. The molecular formula is C12H6F3NO. The molecule has 0 saturated heterocycles. The van der Waals surface area contributed by atoms with Crippen LogP contribution in [0.25, 0.3) is 0 Å². The van der Waals surface area contributed by atoms with E-state index in [2.05, 4.69) is 11.8 Å². The van der Waals surface area contributed by atoms with Crippen molar-refractivity contribution in [1.82, 2.24) is 0 Å². The predicted molar refractivity (Wildman–Crippen MR) is 53.9 cm³/mol. The molecule has 0 radical (unpaired) electrons. The monoisotopic (exact) mass is 237 g/mol. The largest absolute Gasteiger partial charge is 0.416 e. The van der Waals surface area contributed by atoms with Crippen molar-refractivity contribution in [2.24, 2.45) is 0 Å². The Balaban J connectivity index is 3.21. The Kier molecular flexibility index (Phi) is 3.90. The van der Waals surface area contributed by atoms with Gasteiger partial charge in [-0.25, -0.2) is 0 Å². The van der Waals surface area contributed by atoms with E-state index in [4.69, 9.17) is 5.26 Å². The molecule has 2 nitrogen and oxygen atoms in total. The smallest absolute Gasteiger partial charge is 0.298 e. The van der Waals surface area contributed by atoms with Crippen LogP contribution in [0.2, 0.25) is 0 Å². The molecule has 1 aromatic rings. The normalized spacial score (nSPS) is 10.0. The molecule has 0 aromatic heterocycles. The maximum Gasteiger partial charge on any atom is 0.416 e. The number of halogens is 3. The van der Waals surface area contributed by atoms with Gasteiger partial charge in [0.1, 0.15) is 6.29 Å². The van der Waals surface area contributed by atoms with Crippen molar-refractivity contribution >= 4 is 6.29 Å². The average Bonchev–Trinajstić information content (AvgIpc) is 2.28. The minimum atomic E-state index is -4.52. The highest BCUT2D eigenvalue weighted by atomic mass is 19.4. The van der Waals surface area contributed by atoms with Gasteiger partial charge in [-0.15, -0.1) is 0 Å². The minimum absolute atomic E-state index is 0.0668.